The Bertz CT molecular complexity index is 1060. The zero-order valence-electron chi connectivity index (χ0n) is 31.6. The summed E-state index contributed by atoms with van der Waals surface area (Å²) in [5.74, 6) is 2.18. The van der Waals surface area contributed by atoms with Gasteiger partial charge in [0.15, 0.2) is 16.6 Å². The molecule has 0 amide bonds. The SMILES string of the molecule is C=C1C(=CC=C2CCCC3(C)C2CCC3C(C)CCCC(C)(C)O)CC(O[Si](C)(C)C(C)(C)C)CC1O[Si](C)(C)C(C)(C)C. The van der Waals surface area contributed by atoms with E-state index in [1.807, 2.05) is 13.8 Å². The van der Waals surface area contributed by atoms with Gasteiger partial charge in [0.2, 0.25) is 0 Å². The van der Waals surface area contributed by atoms with Gasteiger partial charge in [-0.15, -0.1) is 0 Å². The molecule has 0 aromatic carbocycles. The standard InChI is InChI=1S/C39H72O3Si2/c1-28(18-16-24-38(9,10)40)33-22-23-34-30(19-17-25-39(33,34)11)20-21-31-26-32(41-43(12,13)36(3,4)5)27-35(29(31)2)42-44(14,15)37(6,7)8/h20-21,28,32-35,40H,2,16-19,22-27H2,1,3-15H3. The predicted octanol–water partition coefficient (Wildman–Crippen LogP) is 11.8. The molecule has 0 aliphatic heterocycles. The predicted molar refractivity (Wildman–Crippen MR) is 196 cm³/mol. The van der Waals surface area contributed by atoms with E-state index in [-0.39, 0.29) is 22.3 Å². The van der Waals surface area contributed by atoms with Gasteiger partial charge in [-0.25, -0.2) is 0 Å². The van der Waals surface area contributed by atoms with Crippen LogP contribution in [-0.2, 0) is 8.85 Å². The highest BCUT2D eigenvalue weighted by Crippen LogP contribution is 2.60. The van der Waals surface area contributed by atoms with Gasteiger partial charge in [-0.2, -0.15) is 0 Å². The molecule has 0 spiro atoms. The van der Waals surface area contributed by atoms with Crippen molar-refractivity contribution in [3.63, 3.8) is 0 Å². The summed E-state index contributed by atoms with van der Waals surface area (Å²) in [6.45, 7) is 37.2. The lowest BCUT2D eigenvalue weighted by molar-refractivity contribution is 0.0596. The van der Waals surface area contributed by atoms with E-state index in [1.54, 1.807) is 5.57 Å². The largest absolute Gasteiger partial charge is 0.413 e. The third-order valence-electron chi connectivity index (χ3n) is 12.9. The fourth-order valence-corrected chi connectivity index (χ4v) is 10.7. The molecule has 0 aromatic heterocycles. The molecule has 0 bridgehead atoms. The van der Waals surface area contributed by atoms with E-state index in [0.29, 0.717) is 17.3 Å². The first-order chi connectivity index (χ1) is 19.9. The Hall–Kier alpha value is -0.466. The number of hydrogen-bond acceptors (Lipinski definition) is 3. The molecular weight excluding hydrogens is 573 g/mol. The Balaban J connectivity index is 1.86. The van der Waals surface area contributed by atoms with Gasteiger partial charge in [-0.3, -0.25) is 0 Å². The zero-order valence-corrected chi connectivity index (χ0v) is 33.6. The van der Waals surface area contributed by atoms with Gasteiger partial charge in [0, 0.05) is 6.42 Å². The molecule has 0 aromatic rings. The first-order valence-electron chi connectivity index (χ1n) is 18.0. The number of fused-ring (bicyclic) bond motifs is 1. The van der Waals surface area contributed by atoms with Crippen LogP contribution in [0.15, 0.2) is 35.5 Å². The fourth-order valence-electron chi connectivity index (χ4n) is 8.04. The third kappa shape index (κ3) is 8.91. The van der Waals surface area contributed by atoms with Crippen molar-refractivity contribution in [1.29, 1.82) is 0 Å². The summed E-state index contributed by atoms with van der Waals surface area (Å²) in [6, 6.07) is 0. The van der Waals surface area contributed by atoms with Gasteiger partial charge in [0.05, 0.1) is 17.8 Å². The first-order valence-corrected chi connectivity index (χ1v) is 23.9. The van der Waals surface area contributed by atoms with E-state index in [2.05, 4.69) is 100 Å². The Morgan fingerprint density at radius 3 is 2.11 bits per heavy atom. The van der Waals surface area contributed by atoms with E-state index in [1.165, 1.54) is 49.7 Å². The van der Waals surface area contributed by atoms with Crippen LogP contribution in [0.1, 0.15) is 133 Å². The maximum atomic E-state index is 10.2. The Labute approximate surface area is 276 Å². The van der Waals surface area contributed by atoms with Gasteiger partial charge >= 0.3 is 0 Å². The van der Waals surface area contributed by atoms with E-state index in [9.17, 15) is 5.11 Å². The van der Waals surface area contributed by atoms with Gasteiger partial charge in [0.1, 0.15) is 0 Å². The number of hydrogen-bond donors (Lipinski definition) is 1. The smallest absolute Gasteiger partial charge is 0.192 e. The topological polar surface area (TPSA) is 38.7 Å². The van der Waals surface area contributed by atoms with E-state index < -0.39 is 22.2 Å². The number of aliphatic hydroxyl groups is 1. The average Bonchev–Trinajstić information content (AvgIpc) is 3.20. The van der Waals surface area contributed by atoms with Crippen molar-refractivity contribution in [3.8, 4) is 0 Å². The maximum absolute atomic E-state index is 10.2. The van der Waals surface area contributed by atoms with E-state index in [4.69, 9.17) is 8.85 Å². The molecule has 5 heteroatoms. The average molecular weight is 645 g/mol. The highest BCUT2D eigenvalue weighted by Gasteiger charge is 2.50. The van der Waals surface area contributed by atoms with Crippen molar-refractivity contribution in [3.05, 3.63) is 35.5 Å². The van der Waals surface area contributed by atoms with E-state index >= 15 is 0 Å². The Morgan fingerprint density at radius 1 is 0.955 bits per heavy atom. The Morgan fingerprint density at radius 2 is 1.55 bits per heavy atom. The molecule has 3 rings (SSSR count). The fraction of sp³-hybridized carbons (Fsp3) is 0.846. The lowest BCUT2D eigenvalue weighted by Crippen LogP contribution is -2.49. The maximum Gasteiger partial charge on any atom is 0.192 e. The van der Waals surface area contributed by atoms with Gasteiger partial charge < -0.3 is 14.0 Å². The van der Waals surface area contributed by atoms with Crippen molar-refractivity contribution in [2.75, 3.05) is 0 Å². The summed E-state index contributed by atoms with van der Waals surface area (Å²) in [5, 5.41) is 10.6. The van der Waals surface area contributed by atoms with Crippen LogP contribution in [0.3, 0.4) is 0 Å². The second-order valence-electron chi connectivity index (χ2n) is 19.0. The molecule has 44 heavy (non-hydrogen) atoms. The van der Waals surface area contributed by atoms with Crippen LogP contribution >= 0.6 is 0 Å². The molecule has 3 fully saturated rings. The number of allylic oxidation sites excluding steroid dienone is 3. The third-order valence-corrected chi connectivity index (χ3v) is 21.9. The molecule has 3 aliphatic rings. The monoisotopic (exact) mass is 645 g/mol. The lowest BCUT2D eigenvalue weighted by atomic mass is 9.60. The molecule has 6 unspecified atom stereocenters. The molecule has 1 N–H and O–H groups in total. The van der Waals surface area contributed by atoms with Crippen LogP contribution in [-0.4, -0.2) is 39.6 Å². The normalized spacial score (nSPS) is 31.9. The highest BCUT2D eigenvalue weighted by molar-refractivity contribution is 6.74. The summed E-state index contributed by atoms with van der Waals surface area (Å²) in [5.41, 5.74) is 4.04. The first kappa shape index (κ1) is 38.0. The summed E-state index contributed by atoms with van der Waals surface area (Å²) < 4.78 is 14.2. The molecule has 254 valence electrons. The molecular formula is C39H72O3Si2. The molecule has 0 saturated heterocycles. The second kappa shape index (κ2) is 13.6. The Kier molecular flexibility index (Phi) is 11.7. The van der Waals surface area contributed by atoms with Crippen molar-refractivity contribution in [2.24, 2.45) is 23.2 Å². The summed E-state index contributed by atoms with van der Waals surface area (Å²) >= 11 is 0. The van der Waals surface area contributed by atoms with Crippen LogP contribution in [0, 0.1) is 23.2 Å². The van der Waals surface area contributed by atoms with Gasteiger partial charge in [-0.05, 0) is 129 Å². The molecule has 0 heterocycles. The second-order valence-corrected chi connectivity index (χ2v) is 28.6. The lowest BCUT2D eigenvalue weighted by Gasteiger charge is -2.46. The quantitative estimate of drug-likeness (QED) is 0.240. The minimum Gasteiger partial charge on any atom is -0.413 e. The summed E-state index contributed by atoms with van der Waals surface area (Å²) in [6.07, 6.45) is 16.8. The minimum absolute atomic E-state index is 0.0290. The molecule has 0 radical (unpaired) electrons. The van der Waals surface area contributed by atoms with Crippen LogP contribution in [0.5, 0.6) is 0 Å². The molecule has 3 saturated carbocycles. The van der Waals surface area contributed by atoms with Gasteiger partial charge in [0.25, 0.3) is 0 Å². The number of rotatable bonds is 10. The van der Waals surface area contributed by atoms with Crippen molar-refractivity contribution >= 4 is 16.6 Å². The van der Waals surface area contributed by atoms with Crippen LogP contribution in [0.25, 0.3) is 0 Å². The minimum atomic E-state index is -1.97. The van der Waals surface area contributed by atoms with Crippen LogP contribution < -0.4 is 0 Å². The van der Waals surface area contributed by atoms with Crippen molar-refractivity contribution < 1.29 is 14.0 Å². The van der Waals surface area contributed by atoms with E-state index in [0.717, 1.165) is 31.6 Å². The van der Waals surface area contributed by atoms with Crippen LogP contribution in [0.4, 0.5) is 0 Å². The summed E-state index contributed by atoms with van der Waals surface area (Å²) in [4.78, 5) is 0. The zero-order chi connectivity index (χ0) is 33.5. The van der Waals surface area contributed by atoms with Crippen molar-refractivity contribution in [1.82, 2.24) is 0 Å². The summed E-state index contributed by atoms with van der Waals surface area (Å²) in [7, 11) is -3.89. The highest BCUT2D eigenvalue weighted by atomic mass is 28.4. The van der Waals surface area contributed by atoms with Crippen molar-refractivity contribution in [2.45, 2.75) is 188 Å². The molecule has 3 aliphatic carbocycles. The molecule has 3 nitrogen and oxygen atoms in total. The molecule has 6 atom stereocenters. The van der Waals surface area contributed by atoms with Gasteiger partial charge in [-0.1, -0.05) is 92.5 Å². The van der Waals surface area contributed by atoms with Crippen LogP contribution in [0.2, 0.25) is 36.3 Å².